The van der Waals surface area contributed by atoms with Gasteiger partial charge in [0, 0.05) is 16.0 Å². The summed E-state index contributed by atoms with van der Waals surface area (Å²) >= 11 is 2.15. The highest BCUT2D eigenvalue weighted by Gasteiger charge is 2.10. The van der Waals surface area contributed by atoms with Gasteiger partial charge in [-0.15, -0.1) is 0 Å². The van der Waals surface area contributed by atoms with E-state index in [2.05, 4.69) is 37.9 Å². The summed E-state index contributed by atoms with van der Waals surface area (Å²) in [6, 6.07) is 9.56. The van der Waals surface area contributed by atoms with Crippen LogP contribution in [0.5, 0.6) is 0 Å². The maximum absolute atomic E-state index is 9.38. The Morgan fingerprint density at radius 1 is 1.18 bits per heavy atom. The summed E-state index contributed by atoms with van der Waals surface area (Å²) in [6.45, 7) is -0.000635. The zero-order valence-electron chi connectivity index (χ0n) is 9.05. The van der Waals surface area contributed by atoms with Crippen LogP contribution in [0.15, 0.2) is 42.7 Å². The van der Waals surface area contributed by atoms with Gasteiger partial charge in [0.2, 0.25) is 5.95 Å². The van der Waals surface area contributed by atoms with E-state index in [-0.39, 0.29) is 12.6 Å². The molecule has 1 aromatic heterocycles. The maximum atomic E-state index is 9.38. The van der Waals surface area contributed by atoms with Gasteiger partial charge in [0.05, 0.1) is 12.6 Å². The molecular weight excluding hydrogens is 329 g/mol. The largest absolute Gasteiger partial charge is 0.394 e. The molecular formula is C12H12IN3O. The van der Waals surface area contributed by atoms with E-state index < -0.39 is 0 Å². The molecule has 1 atom stereocenters. The molecule has 0 radical (unpaired) electrons. The minimum absolute atomic E-state index is 0.000635. The molecule has 17 heavy (non-hydrogen) atoms. The van der Waals surface area contributed by atoms with Crippen molar-refractivity contribution in [1.82, 2.24) is 9.97 Å². The number of anilines is 1. The summed E-state index contributed by atoms with van der Waals surface area (Å²) in [4.78, 5) is 8.30. The predicted molar refractivity (Wildman–Crippen MR) is 74.6 cm³/mol. The Labute approximate surface area is 113 Å². The second kappa shape index (κ2) is 5.92. The van der Waals surface area contributed by atoms with Crippen LogP contribution in [0.4, 0.5) is 5.95 Å². The average molecular weight is 341 g/mol. The lowest BCUT2D eigenvalue weighted by Crippen LogP contribution is -2.16. The number of rotatable bonds is 4. The second-order valence-electron chi connectivity index (χ2n) is 3.52. The molecule has 0 spiro atoms. The molecule has 1 unspecified atom stereocenters. The van der Waals surface area contributed by atoms with Crippen LogP contribution in [0.25, 0.3) is 0 Å². The lowest BCUT2D eigenvalue weighted by Gasteiger charge is -2.16. The topological polar surface area (TPSA) is 58.0 Å². The molecule has 88 valence electrons. The highest BCUT2D eigenvalue weighted by atomic mass is 127. The normalized spacial score (nSPS) is 12.1. The number of aliphatic hydroxyl groups is 1. The Kier molecular flexibility index (Phi) is 4.27. The Hall–Kier alpha value is -1.21. The van der Waals surface area contributed by atoms with Crippen molar-refractivity contribution in [3.8, 4) is 0 Å². The molecule has 0 fully saturated rings. The molecule has 2 N–H and O–H groups in total. The van der Waals surface area contributed by atoms with E-state index in [1.165, 1.54) is 0 Å². The molecule has 2 rings (SSSR count). The fourth-order valence-electron chi connectivity index (χ4n) is 1.46. The van der Waals surface area contributed by atoms with Gasteiger partial charge < -0.3 is 10.4 Å². The SMILES string of the molecule is OCC(Nc1ncc(I)cn1)c1ccccc1. The van der Waals surface area contributed by atoms with Gasteiger partial charge in [0.15, 0.2) is 0 Å². The summed E-state index contributed by atoms with van der Waals surface area (Å²) in [7, 11) is 0. The number of nitrogens with zero attached hydrogens (tertiary/aromatic N) is 2. The number of aromatic nitrogens is 2. The number of aliphatic hydroxyl groups excluding tert-OH is 1. The zero-order chi connectivity index (χ0) is 12.1. The van der Waals surface area contributed by atoms with Crippen LogP contribution < -0.4 is 5.32 Å². The molecule has 0 amide bonds. The third kappa shape index (κ3) is 3.37. The third-order valence-corrected chi connectivity index (χ3v) is 2.87. The van der Waals surface area contributed by atoms with Gasteiger partial charge in [0.1, 0.15) is 0 Å². The Morgan fingerprint density at radius 2 is 1.82 bits per heavy atom. The lowest BCUT2D eigenvalue weighted by molar-refractivity contribution is 0.276. The Morgan fingerprint density at radius 3 is 2.41 bits per heavy atom. The van der Waals surface area contributed by atoms with Crippen molar-refractivity contribution in [1.29, 1.82) is 0 Å². The molecule has 0 aliphatic carbocycles. The van der Waals surface area contributed by atoms with Crippen LogP contribution in [-0.4, -0.2) is 21.7 Å². The first kappa shape index (κ1) is 12.3. The minimum atomic E-state index is -0.184. The Bertz CT molecular complexity index is 461. The molecule has 2 aromatic rings. The quantitative estimate of drug-likeness (QED) is 0.838. The number of nitrogens with one attached hydrogen (secondary N) is 1. The van der Waals surface area contributed by atoms with Crippen molar-refractivity contribution >= 4 is 28.5 Å². The van der Waals surface area contributed by atoms with Gasteiger partial charge in [-0.25, -0.2) is 9.97 Å². The van der Waals surface area contributed by atoms with Crippen molar-refractivity contribution in [2.75, 3.05) is 11.9 Å². The van der Waals surface area contributed by atoms with Gasteiger partial charge >= 0.3 is 0 Å². The van der Waals surface area contributed by atoms with Crippen LogP contribution in [-0.2, 0) is 0 Å². The van der Waals surface area contributed by atoms with Gasteiger partial charge in [-0.05, 0) is 28.2 Å². The molecule has 0 aliphatic heterocycles. The molecule has 0 aliphatic rings. The zero-order valence-corrected chi connectivity index (χ0v) is 11.2. The van der Waals surface area contributed by atoms with Crippen molar-refractivity contribution in [3.63, 3.8) is 0 Å². The van der Waals surface area contributed by atoms with E-state index in [1.54, 1.807) is 12.4 Å². The fourth-order valence-corrected chi connectivity index (χ4v) is 1.74. The van der Waals surface area contributed by atoms with Crippen LogP contribution in [0.3, 0.4) is 0 Å². The highest BCUT2D eigenvalue weighted by Crippen LogP contribution is 2.16. The lowest BCUT2D eigenvalue weighted by atomic mass is 10.1. The standard InChI is InChI=1S/C12H12IN3O/c13-10-6-14-12(15-7-10)16-11(8-17)9-4-2-1-3-5-9/h1-7,11,17H,8H2,(H,14,15,16). The molecule has 5 heteroatoms. The molecule has 4 nitrogen and oxygen atoms in total. The maximum Gasteiger partial charge on any atom is 0.223 e. The van der Waals surface area contributed by atoms with Crippen molar-refractivity contribution in [3.05, 3.63) is 51.9 Å². The number of hydrogen-bond donors (Lipinski definition) is 2. The molecule has 1 aromatic carbocycles. The molecule has 1 heterocycles. The van der Waals surface area contributed by atoms with E-state index in [0.717, 1.165) is 9.13 Å². The van der Waals surface area contributed by atoms with Crippen molar-refractivity contribution in [2.45, 2.75) is 6.04 Å². The van der Waals surface area contributed by atoms with Crippen molar-refractivity contribution < 1.29 is 5.11 Å². The van der Waals surface area contributed by atoms with Gasteiger partial charge in [0.25, 0.3) is 0 Å². The van der Waals surface area contributed by atoms with Crippen molar-refractivity contribution in [2.24, 2.45) is 0 Å². The molecule has 0 bridgehead atoms. The van der Waals surface area contributed by atoms with Gasteiger partial charge in [-0.3, -0.25) is 0 Å². The molecule has 0 saturated carbocycles. The fraction of sp³-hybridized carbons (Fsp3) is 0.167. The average Bonchev–Trinajstić information content (AvgIpc) is 2.39. The minimum Gasteiger partial charge on any atom is -0.394 e. The summed E-state index contributed by atoms with van der Waals surface area (Å²) in [5.74, 6) is 0.522. The summed E-state index contributed by atoms with van der Waals surface area (Å²) in [5, 5.41) is 12.5. The number of hydrogen-bond acceptors (Lipinski definition) is 4. The third-order valence-electron chi connectivity index (χ3n) is 2.31. The van der Waals surface area contributed by atoms with Crippen LogP contribution >= 0.6 is 22.6 Å². The highest BCUT2D eigenvalue weighted by molar-refractivity contribution is 14.1. The predicted octanol–water partition coefficient (Wildman–Crippen LogP) is 2.23. The van der Waals surface area contributed by atoms with E-state index in [1.807, 2.05) is 30.3 Å². The van der Waals surface area contributed by atoms with Crippen LogP contribution in [0.1, 0.15) is 11.6 Å². The monoisotopic (exact) mass is 341 g/mol. The first-order valence-corrected chi connectivity index (χ1v) is 6.27. The second-order valence-corrected chi connectivity index (χ2v) is 4.76. The smallest absolute Gasteiger partial charge is 0.223 e. The van der Waals surface area contributed by atoms with Gasteiger partial charge in [-0.1, -0.05) is 30.3 Å². The summed E-state index contributed by atoms with van der Waals surface area (Å²) in [5.41, 5.74) is 1.01. The van der Waals surface area contributed by atoms with Crippen LogP contribution in [0, 0.1) is 3.57 Å². The number of benzene rings is 1. The van der Waals surface area contributed by atoms with E-state index >= 15 is 0 Å². The first-order chi connectivity index (χ1) is 8.29. The van der Waals surface area contributed by atoms with Gasteiger partial charge in [-0.2, -0.15) is 0 Å². The summed E-state index contributed by atoms with van der Waals surface area (Å²) in [6.07, 6.45) is 3.46. The summed E-state index contributed by atoms with van der Waals surface area (Å²) < 4.78 is 0.980. The first-order valence-electron chi connectivity index (χ1n) is 5.19. The van der Waals surface area contributed by atoms with E-state index in [0.29, 0.717) is 5.95 Å². The van der Waals surface area contributed by atoms with Crippen LogP contribution in [0.2, 0.25) is 0 Å². The van der Waals surface area contributed by atoms with E-state index in [9.17, 15) is 5.11 Å². The number of halogens is 1. The van der Waals surface area contributed by atoms with E-state index in [4.69, 9.17) is 0 Å². The Balaban J connectivity index is 2.13. The molecule has 0 saturated heterocycles.